The molecule has 0 rings (SSSR count). The molecule has 0 fully saturated rings. The molecule has 0 aliphatic rings. The van der Waals surface area contributed by atoms with Crippen molar-refractivity contribution in [3.05, 3.63) is 12.2 Å². The van der Waals surface area contributed by atoms with E-state index in [0.29, 0.717) is 25.1 Å². The SMILES string of the molecule is C=C(C)C(=O)OCCCCNC(=O)OC(C)CC.CCC(C)O.CCC(C)OC(C)=O. The van der Waals surface area contributed by atoms with Crippen molar-refractivity contribution in [2.45, 2.75) is 106 Å². The molecule has 0 aromatic carbocycles. The van der Waals surface area contributed by atoms with Gasteiger partial charge in [0.05, 0.1) is 18.8 Å². The molecular formula is C23H45NO7. The number of alkyl carbamates (subject to hydrolysis) is 1. The van der Waals surface area contributed by atoms with Gasteiger partial charge in [-0.05, 0) is 59.8 Å². The van der Waals surface area contributed by atoms with E-state index in [0.717, 1.165) is 25.7 Å². The van der Waals surface area contributed by atoms with Crippen LogP contribution in [0.5, 0.6) is 0 Å². The number of ether oxygens (including phenoxy) is 3. The second-order valence-corrected chi connectivity index (χ2v) is 7.26. The molecule has 2 N–H and O–H groups in total. The molecule has 31 heavy (non-hydrogen) atoms. The highest BCUT2D eigenvalue weighted by molar-refractivity contribution is 5.86. The number of carbonyl (C=O) groups excluding carboxylic acids is 3. The van der Waals surface area contributed by atoms with Gasteiger partial charge in [-0.3, -0.25) is 4.79 Å². The van der Waals surface area contributed by atoms with Gasteiger partial charge in [0.25, 0.3) is 0 Å². The van der Waals surface area contributed by atoms with Gasteiger partial charge in [-0.1, -0.05) is 27.4 Å². The number of rotatable bonds is 11. The third-order valence-corrected chi connectivity index (χ3v) is 3.84. The molecule has 0 aliphatic carbocycles. The smallest absolute Gasteiger partial charge is 0.407 e. The first-order valence-electron chi connectivity index (χ1n) is 11.0. The van der Waals surface area contributed by atoms with Crippen molar-refractivity contribution in [2.24, 2.45) is 0 Å². The Morgan fingerprint density at radius 1 is 0.903 bits per heavy atom. The quantitative estimate of drug-likeness (QED) is 0.207. The molecule has 0 saturated heterocycles. The van der Waals surface area contributed by atoms with Crippen molar-refractivity contribution in [3.8, 4) is 0 Å². The van der Waals surface area contributed by atoms with Crippen LogP contribution in [0.2, 0.25) is 0 Å². The Hall–Kier alpha value is -2.09. The number of carbonyl (C=O) groups is 3. The van der Waals surface area contributed by atoms with Crippen molar-refractivity contribution in [1.82, 2.24) is 5.32 Å². The summed E-state index contributed by atoms with van der Waals surface area (Å²) in [6.45, 7) is 18.7. The van der Waals surface area contributed by atoms with Gasteiger partial charge >= 0.3 is 18.0 Å². The maximum absolute atomic E-state index is 11.2. The summed E-state index contributed by atoms with van der Waals surface area (Å²) in [4.78, 5) is 32.4. The fraction of sp³-hybridized carbons (Fsp3) is 0.783. The van der Waals surface area contributed by atoms with E-state index in [1.165, 1.54) is 6.92 Å². The molecule has 184 valence electrons. The van der Waals surface area contributed by atoms with Gasteiger partial charge in [0.1, 0.15) is 6.10 Å². The summed E-state index contributed by atoms with van der Waals surface area (Å²) < 4.78 is 14.7. The Morgan fingerprint density at radius 2 is 1.39 bits per heavy atom. The number of hydrogen-bond donors (Lipinski definition) is 2. The van der Waals surface area contributed by atoms with Crippen molar-refractivity contribution in [3.63, 3.8) is 0 Å². The Morgan fingerprint density at radius 3 is 1.74 bits per heavy atom. The van der Waals surface area contributed by atoms with Gasteiger partial charge in [0, 0.05) is 19.0 Å². The lowest BCUT2D eigenvalue weighted by atomic mass is 10.3. The van der Waals surface area contributed by atoms with Crippen LogP contribution >= 0.6 is 0 Å². The molecule has 3 unspecified atom stereocenters. The van der Waals surface area contributed by atoms with E-state index in [2.05, 4.69) is 11.9 Å². The van der Waals surface area contributed by atoms with Crippen LogP contribution < -0.4 is 5.32 Å². The molecule has 8 nitrogen and oxygen atoms in total. The summed E-state index contributed by atoms with van der Waals surface area (Å²) in [7, 11) is 0. The molecular weight excluding hydrogens is 402 g/mol. The van der Waals surface area contributed by atoms with Gasteiger partial charge < -0.3 is 24.6 Å². The average molecular weight is 448 g/mol. The van der Waals surface area contributed by atoms with Crippen LogP contribution in [-0.4, -0.2) is 54.6 Å². The molecule has 0 heterocycles. The van der Waals surface area contributed by atoms with Crippen molar-refractivity contribution in [1.29, 1.82) is 0 Å². The number of unbranched alkanes of at least 4 members (excludes halogenated alkanes) is 1. The molecule has 0 aliphatic heterocycles. The topological polar surface area (TPSA) is 111 Å². The Bertz CT molecular complexity index is 492. The normalized spacial score (nSPS) is 12.4. The lowest BCUT2D eigenvalue weighted by molar-refractivity contribution is -0.145. The molecule has 0 saturated carbocycles. The average Bonchev–Trinajstić information content (AvgIpc) is 2.70. The molecule has 3 atom stereocenters. The van der Waals surface area contributed by atoms with E-state index in [1.807, 2.05) is 34.6 Å². The Kier molecular flexibility index (Phi) is 24.4. The zero-order valence-corrected chi connectivity index (χ0v) is 20.8. The molecule has 0 radical (unpaired) electrons. The Balaban J connectivity index is -0.000000494. The molecule has 1 amide bonds. The van der Waals surface area contributed by atoms with Crippen molar-refractivity contribution in [2.75, 3.05) is 13.2 Å². The van der Waals surface area contributed by atoms with Crippen LogP contribution in [0.15, 0.2) is 12.2 Å². The highest BCUT2D eigenvalue weighted by Gasteiger charge is 2.06. The summed E-state index contributed by atoms with van der Waals surface area (Å²) in [5.74, 6) is -0.571. The van der Waals surface area contributed by atoms with Crippen LogP contribution in [0.1, 0.15) is 87.5 Å². The number of nitrogens with one attached hydrogen (secondary N) is 1. The zero-order chi connectivity index (χ0) is 24.8. The Labute approximate surface area is 188 Å². The second kappa shape index (κ2) is 22.6. The minimum absolute atomic E-state index is 0.0680. The summed E-state index contributed by atoms with van der Waals surface area (Å²) in [5, 5.41) is 11.0. The number of esters is 2. The van der Waals surface area contributed by atoms with Gasteiger partial charge in [0.2, 0.25) is 0 Å². The highest BCUT2D eigenvalue weighted by Crippen LogP contribution is 1.98. The third kappa shape index (κ3) is 30.2. The van der Waals surface area contributed by atoms with Crippen LogP contribution in [0.25, 0.3) is 0 Å². The first-order chi connectivity index (χ1) is 14.4. The molecule has 0 bridgehead atoms. The summed E-state index contributed by atoms with van der Waals surface area (Å²) in [6.07, 6.45) is 3.47. The third-order valence-electron chi connectivity index (χ3n) is 3.84. The molecule has 0 spiro atoms. The first kappa shape index (κ1) is 33.5. The summed E-state index contributed by atoms with van der Waals surface area (Å²) in [5.41, 5.74) is 0.394. The van der Waals surface area contributed by atoms with E-state index in [9.17, 15) is 14.4 Å². The second-order valence-electron chi connectivity index (χ2n) is 7.26. The molecule has 8 heteroatoms. The number of hydrogen-bond acceptors (Lipinski definition) is 7. The molecule has 0 aromatic rings. The van der Waals surface area contributed by atoms with Gasteiger partial charge in [-0.15, -0.1) is 0 Å². The largest absolute Gasteiger partial charge is 0.463 e. The standard InChI is InChI=1S/C13H23NO4.C6H12O2.C4H10O/c1-5-11(4)18-13(16)14-8-6-7-9-17-12(15)10(2)3;1-4-5(2)8-6(3)7;1-3-4(2)5/h11H,2,5-9H2,1,3-4H3,(H,14,16);5H,4H2,1-3H3;4-5H,3H2,1-2H3. The maximum atomic E-state index is 11.2. The number of aliphatic hydroxyl groups is 1. The first-order valence-corrected chi connectivity index (χ1v) is 11.0. The fourth-order valence-electron chi connectivity index (χ4n) is 1.38. The van der Waals surface area contributed by atoms with E-state index in [-0.39, 0.29) is 30.3 Å². The monoisotopic (exact) mass is 447 g/mol. The predicted octanol–water partition coefficient (Wildman–Crippen LogP) is 4.54. The van der Waals surface area contributed by atoms with Crippen LogP contribution in [0.3, 0.4) is 0 Å². The fourth-order valence-corrected chi connectivity index (χ4v) is 1.38. The van der Waals surface area contributed by atoms with Crippen LogP contribution in [0, 0.1) is 0 Å². The van der Waals surface area contributed by atoms with Crippen molar-refractivity contribution < 1.29 is 33.7 Å². The van der Waals surface area contributed by atoms with Gasteiger partial charge in [0.15, 0.2) is 0 Å². The minimum Gasteiger partial charge on any atom is -0.463 e. The van der Waals surface area contributed by atoms with E-state index in [4.69, 9.17) is 19.3 Å². The number of amides is 1. The zero-order valence-electron chi connectivity index (χ0n) is 20.8. The lowest BCUT2D eigenvalue weighted by Crippen LogP contribution is -2.28. The van der Waals surface area contributed by atoms with Crippen molar-refractivity contribution >= 4 is 18.0 Å². The summed E-state index contributed by atoms with van der Waals surface area (Å²) >= 11 is 0. The van der Waals surface area contributed by atoms with E-state index in [1.54, 1.807) is 13.8 Å². The van der Waals surface area contributed by atoms with Crippen LogP contribution in [-0.2, 0) is 23.8 Å². The predicted molar refractivity (Wildman–Crippen MR) is 123 cm³/mol. The number of aliphatic hydroxyl groups excluding tert-OH is 1. The van der Waals surface area contributed by atoms with E-state index >= 15 is 0 Å². The maximum Gasteiger partial charge on any atom is 0.407 e. The minimum atomic E-state index is -0.400. The lowest BCUT2D eigenvalue weighted by Gasteiger charge is -2.11. The van der Waals surface area contributed by atoms with E-state index < -0.39 is 6.09 Å². The highest BCUT2D eigenvalue weighted by atomic mass is 16.6. The van der Waals surface area contributed by atoms with Gasteiger partial charge in [-0.25, -0.2) is 9.59 Å². The summed E-state index contributed by atoms with van der Waals surface area (Å²) in [6, 6.07) is 0. The van der Waals surface area contributed by atoms with Gasteiger partial charge in [-0.2, -0.15) is 0 Å². The van der Waals surface area contributed by atoms with Crippen LogP contribution in [0.4, 0.5) is 4.79 Å². The molecule has 0 aromatic heterocycles.